The van der Waals surface area contributed by atoms with Crippen molar-refractivity contribution in [2.24, 2.45) is 11.0 Å². The molecular weight excluding hydrogens is 260 g/mol. The maximum Gasteiger partial charge on any atom is 0.153 e. The number of nitrogens with zero attached hydrogens (tertiary/aromatic N) is 2. The molecule has 0 radical (unpaired) electrons. The molecule has 0 fully saturated rings. The molecule has 0 aromatic heterocycles. The van der Waals surface area contributed by atoms with Crippen LogP contribution >= 0.6 is 11.6 Å². The van der Waals surface area contributed by atoms with Crippen LogP contribution in [0.1, 0.15) is 32.3 Å². The van der Waals surface area contributed by atoms with Crippen LogP contribution in [0.2, 0.25) is 5.02 Å². The Balaban J connectivity index is 2.20. The third-order valence-electron chi connectivity index (χ3n) is 3.43. The first-order valence-electron chi connectivity index (χ1n) is 6.71. The summed E-state index contributed by atoms with van der Waals surface area (Å²) in [5.74, 6) is 0.642. The molecule has 0 N–H and O–H groups in total. The van der Waals surface area contributed by atoms with Gasteiger partial charge in [0.2, 0.25) is 0 Å². The topological polar surface area (TPSA) is 32.7 Å². The first kappa shape index (κ1) is 14.1. The van der Waals surface area contributed by atoms with Gasteiger partial charge in [0, 0.05) is 23.9 Å². The summed E-state index contributed by atoms with van der Waals surface area (Å²) in [6.45, 7) is 5.33. The predicted molar refractivity (Wildman–Crippen MR) is 78.6 cm³/mol. The lowest BCUT2D eigenvalue weighted by molar-refractivity contribution is -0.120. The monoisotopic (exact) mass is 278 g/mol. The highest BCUT2D eigenvalue weighted by Gasteiger charge is 2.21. The fourth-order valence-electron chi connectivity index (χ4n) is 2.17. The zero-order valence-corrected chi connectivity index (χ0v) is 12.2. The van der Waals surface area contributed by atoms with Gasteiger partial charge in [0.1, 0.15) is 0 Å². The van der Waals surface area contributed by atoms with Gasteiger partial charge in [-0.05, 0) is 24.1 Å². The van der Waals surface area contributed by atoms with Crippen molar-refractivity contribution >= 4 is 23.1 Å². The highest BCUT2D eigenvalue weighted by molar-refractivity contribution is 6.30. The van der Waals surface area contributed by atoms with E-state index in [1.807, 2.05) is 36.2 Å². The van der Waals surface area contributed by atoms with Crippen LogP contribution in [0.5, 0.6) is 0 Å². The molecule has 3 nitrogen and oxygen atoms in total. The maximum absolute atomic E-state index is 11.5. The smallest absolute Gasteiger partial charge is 0.153 e. The molecule has 0 saturated carbocycles. The molecule has 1 aliphatic heterocycles. The summed E-state index contributed by atoms with van der Waals surface area (Å²) >= 11 is 5.91. The Morgan fingerprint density at radius 3 is 2.74 bits per heavy atom. The van der Waals surface area contributed by atoms with Gasteiger partial charge in [-0.15, -0.1) is 0 Å². The van der Waals surface area contributed by atoms with Crippen LogP contribution in [0.3, 0.4) is 0 Å². The number of rotatable bonds is 4. The number of carbonyl (C=O) groups excluding carboxylic acids is 1. The molecule has 2 rings (SSSR count). The fraction of sp³-hybridized carbons (Fsp3) is 0.467. The summed E-state index contributed by atoms with van der Waals surface area (Å²) in [7, 11) is 0. The van der Waals surface area contributed by atoms with E-state index in [9.17, 15) is 4.79 Å². The van der Waals surface area contributed by atoms with Gasteiger partial charge in [0.25, 0.3) is 0 Å². The molecule has 1 aromatic carbocycles. The van der Waals surface area contributed by atoms with Crippen molar-refractivity contribution in [3.63, 3.8) is 0 Å². The zero-order chi connectivity index (χ0) is 13.8. The van der Waals surface area contributed by atoms with E-state index in [2.05, 4.69) is 12.0 Å². The lowest BCUT2D eigenvalue weighted by Crippen LogP contribution is -2.34. The van der Waals surface area contributed by atoms with Gasteiger partial charge in [-0.2, -0.15) is 5.10 Å². The highest BCUT2D eigenvalue weighted by atomic mass is 35.5. The number of benzene rings is 1. The molecule has 1 atom stereocenters. The van der Waals surface area contributed by atoms with E-state index in [0.717, 1.165) is 29.3 Å². The summed E-state index contributed by atoms with van der Waals surface area (Å²) < 4.78 is 0. The van der Waals surface area contributed by atoms with Crippen LogP contribution in [0, 0.1) is 5.92 Å². The summed E-state index contributed by atoms with van der Waals surface area (Å²) in [5.41, 5.74) is 2.14. The van der Waals surface area contributed by atoms with Crippen LogP contribution in [0.15, 0.2) is 29.4 Å². The van der Waals surface area contributed by atoms with Crippen LogP contribution in [-0.4, -0.2) is 29.6 Å². The average Bonchev–Trinajstić information content (AvgIpc) is 2.42. The number of hydrazone groups is 1. The molecule has 19 heavy (non-hydrogen) atoms. The SMILES string of the molecule is CCC(=O)CN1CCC(C)C(c2ccc(Cl)cc2)=N1. The van der Waals surface area contributed by atoms with Crippen molar-refractivity contribution in [2.75, 3.05) is 13.1 Å². The number of hydrogen-bond acceptors (Lipinski definition) is 3. The van der Waals surface area contributed by atoms with E-state index < -0.39 is 0 Å². The van der Waals surface area contributed by atoms with Crippen LogP contribution in [-0.2, 0) is 4.79 Å². The number of hydrogen-bond donors (Lipinski definition) is 0. The quantitative estimate of drug-likeness (QED) is 0.846. The number of Topliss-reactive ketones (excluding diaryl/α,β-unsaturated/α-hetero) is 1. The Morgan fingerprint density at radius 2 is 2.11 bits per heavy atom. The van der Waals surface area contributed by atoms with Gasteiger partial charge in [-0.1, -0.05) is 37.6 Å². The molecule has 0 amide bonds. The normalized spacial score (nSPS) is 19.2. The summed E-state index contributed by atoms with van der Waals surface area (Å²) in [5, 5.41) is 7.25. The second kappa shape index (κ2) is 6.20. The van der Waals surface area contributed by atoms with Crippen molar-refractivity contribution in [3.8, 4) is 0 Å². The Kier molecular flexibility index (Phi) is 4.59. The van der Waals surface area contributed by atoms with E-state index in [1.165, 1.54) is 0 Å². The molecule has 1 unspecified atom stereocenters. The standard InChI is InChI=1S/C15H19ClN2O/c1-3-14(19)10-18-9-8-11(2)15(17-18)12-4-6-13(16)7-5-12/h4-7,11H,3,8-10H2,1-2H3. The third kappa shape index (κ3) is 3.57. The Bertz CT molecular complexity index is 481. The van der Waals surface area contributed by atoms with Gasteiger partial charge in [-0.3, -0.25) is 9.80 Å². The Hall–Kier alpha value is -1.35. The number of ketones is 1. The van der Waals surface area contributed by atoms with E-state index in [-0.39, 0.29) is 5.78 Å². The van der Waals surface area contributed by atoms with E-state index in [1.54, 1.807) is 0 Å². The van der Waals surface area contributed by atoms with Gasteiger partial charge in [0.15, 0.2) is 5.78 Å². The molecular formula is C15H19ClN2O. The molecule has 4 heteroatoms. The van der Waals surface area contributed by atoms with E-state index >= 15 is 0 Å². The van der Waals surface area contributed by atoms with Gasteiger partial charge >= 0.3 is 0 Å². The number of carbonyl (C=O) groups is 1. The van der Waals surface area contributed by atoms with E-state index in [0.29, 0.717) is 18.9 Å². The highest BCUT2D eigenvalue weighted by Crippen LogP contribution is 2.21. The average molecular weight is 279 g/mol. The largest absolute Gasteiger partial charge is 0.298 e. The molecule has 0 aliphatic carbocycles. The lowest BCUT2D eigenvalue weighted by atomic mass is 9.94. The minimum absolute atomic E-state index is 0.230. The number of halogens is 1. The van der Waals surface area contributed by atoms with Crippen molar-refractivity contribution < 1.29 is 4.79 Å². The van der Waals surface area contributed by atoms with Crippen molar-refractivity contribution in [3.05, 3.63) is 34.9 Å². The maximum atomic E-state index is 11.5. The molecule has 102 valence electrons. The van der Waals surface area contributed by atoms with Crippen molar-refractivity contribution in [1.29, 1.82) is 0 Å². The fourth-order valence-corrected chi connectivity index (χ4v) is 2.30. The van der Waals surface area contributed by atoms with Crippen LogP contribution in [0.25, 0.3) is 0 Å². The minimum atomic E-state index is 0.230. The molecule has 0 spiro atoms. The molecule has 1 aromatic rings. The summed E-state index contributed by atoms with van der Waals surface area (Å²) in [6.07, 6.45) is 1.59. The van der Waals surface area contributed by atoms with E-state index in [4.69, 9.17) is 11.6 Å². The predicted octanol–water partition coefficient (Wildman–Crippen LogP) is 3.37. The molecule has 0 saturated heterocycles. The van der Waals surface area contributed by atoms with Gasteiger partial charge < -0.3 is 0 Å². The van der Waals surface area contributed by atoms with Crippen LogP contribution < -0.4 is 0 Å². The molecule has 1 heterocycles. The van der Waals surface area contributed by atoms with Gasteiger partial charge in [0.05, 0.1) is 12.3 Å². The zero-order valence-electron chi connectivity index (χ0n) is 11.4. The van der Waals surface area contributed by atoms with Crippen LogP contribution in [0.4, 0.5) is 0 Å². The minimum Gasteiger partial charge on any atom is -0.298 e. The summed E-state index contributed by atoms with van der Waals surface area (Å²) in [6, 6.07) is 7.73. The first-order valence-corrected chi connectivity index (χ1v) is 7.09. The van der Waals surface area contributed by atoms with Crippen molar-refractivity contribution in [1.82, 2.24) is 5.01 Å². The lowest BCUT2D eigenvalue weighted by Gasteiger charge is -2.28. The molecule has 0 bridgehead atoms. The van der Waals surface area contributed by atoms with Gasteiger partial charge in [-0.25, -0.2) is 0 Å². The van der Waals surface area contributed by atoms with Crippen molar-refractivity contribution in [2.45, 2.75) is 26.7 Å². The summed E-state index contributed by atoms with van der Waals surface area (Å²) in [4.78, 5) is 11.5. The molecule has 1 aliphatic rings. The Labute approximate surface area is 119 Å². The first-order chi connectivity index (χ1) is 9.10. The Morgan fingerprint density at radius 1 is 1.42 bits per heavy atom. The third-order valence-corrected chi connectivity index (χ3v) is 3.68. The second-order valence-electron chi connectivity index (χ2n) is 4.96. The second-order valence-corrected chi connectivity index (χ2v) is 5.40.